The summed E-state index contributed by atoms with van der Waals surface area (Å²) in [4.78, 5) is 4.56. The molecule has 0 N–H and O–H groups in total. The summed E-state index contributed by atoms with van der Waals surface area (Å²) in [5.74, 6) is 0. The minimum absolute atomic E-state index is 0.427. The number of nitrogens with zero attached hydrogens (tertiary/aromatic N) is 1. The van der Waals surface area contributed by atoms with Crippen molar-refractivity contribution in [3.63, 3.8) is 0 Å². The van der Waals surface area contributed by atoms with Gasteiger partial charge in [-0.05, 0) is 66.7 Å². The molecule has 0 saturated carbocycles. The van der Waals surface area contributed by atoms with Gasteiger partial charge in [-0.2, -0.15) is 0 Å². The molecule has 0 fully saturated rings. The number of rotatable bonds is 8. The minimum Gasteiger partial charge on any atom is -0.292 e. The van der Waals surface area contributed by atoms with E-state index in [-0.39, 0.29) is 0 Å². The second kappa shape index (κ2) is 10.1. The highest BCUT2D eigenvalue weighted by Gasteiger charge is 1.96. The maximum Gasteiger partial charge on any atom is 0.0442 e. The highest BCUT2D eigenvalue weighted by Crippen LogP contribution is 2.11. The lowest BCUT2D eigenvalue weighted by Gasteiger charge is -2.04. The zero-order chi connectivity index (χ0) is 14.0. The Morgan fingerprint density at radius 1 is 0.944 bits per heavy atom. The first-order chi connectivity index (χ1) is 8.45. The van der Waals surface area contributed by atoms with Crippen molar-refractivity contribution in [2.45, 2.75) is 79.7 Å². The van der Waals surface area contributed by atoms with Crippen LogP contribution in [0.3, 0.4) is 0 Å². The van der Waals surface area contributed by atoms with Crippen LogP contribution in [0.15, 0.2) is 28.3 Å². The van der Waals surface area contributed by atoms with Gasteiger partial charge >= 0.3 is 0 Å². The van der Waals surface area contributed by atoms with Crippen LogP contribution in [0, 0.1) is 0 Å². The predicted octanol–water partition coefficient (Wildman–Crippen LogP) is 5.72. The molecule has 0 aliphatic heterocycles. The Kier molecular flexibility index (Phi) is 9.63. The van der Waals surface area contributed by atoms with Crippen molar-refractivity contribution >= 4 is 5.71 Å². The van der Waals surface area contributed by atoms with Crippen LogP contribution >= 0.6 is 0 Å². The fourth-order valence-corrected chi connectivity index (χ4v) is 1.98. The van der Waals surface area contributed by atoms with E-state index in [9.17, 15) is 0 Å². The lowest BCUT2D eigenvalue weighted by atomic mass is 10.1. The Hall–Kier alpha value is -0.850. The molecule has 0 aromatic heterocycles. The van der Waals surface area contributed by atoms with Crippen molar-refractivity contribution in [1.82, 2.24) is 0 Å². The van der Waals surface area contributed by atoms with E-state index in [4.69, 9.17) is 0 Å². The van der Waals surface area contributed by atoms with Crippen LogP contribution in [0.5, 0.6) is 0 Å². The third kappa shape index (κ3) is 10.3. The van der Waals surface area contributed by atoms with Crippen molar-refractivity contribution in [2.24, 2.45) is 4.99 Å². The van der Waals surface area contributed by atoms with Crippen LogP contribution in [0.2, 0.25) is 0 Å². The summed E-state index contributed by atoms with van der Waals surface area (Å²) in [6, 6.07) is 0.427. The molecule has 0 atom stereocenters. The van der Waals surface area contributed by atoms with E-state index >= 15 is 0 Å². The molecule has 0 aliphatic carbocycles. The molecule has 0 aliphatic rings. The number of allylic oxidation sites excluding steroid dienone is 4. The van der Waals surface area contributed by atoms with Crippen LogP contribution in [0.1, 0.15) is 73.6 Å². The molecule has 0 rings (SSSR count). The van der Waals surface area contributed by atoms with Crippen LogP contribution < -0.4 is 0 Å². The lowest BCUT2D eigenvalue weighted by Crippen LogP contribution is -1.98. The summed E-state index contributed by atoms with van der Waals surface area (Å²) < 4.78 is 0. The topological polar surface area (TPSA) is 12.4 Å². The normalized spacial score (nSPS) is 14.5. The van der Waals surface area contributed by atoms with Crippen molar-refractivity contribution < 1.29 is 0 Å². The molecule has 1 nitrogen and oxygen atoms in total. The molecule has 0 unspecified atom stereocenters. The molecule has 18 heavy (non-hydrogen) atoms. The van der Waals surface area contributed by atoms with Crippen LogP contribution in [0.4, 0.5) is 0 Å². The fourth-order valence-electron chi connectivity index (χ4n) is 1.98. The summed E-state index contributed by atoms with van der Waals surface area (Å²) in [7, 11) is 0. The highest BCUT2D eigenvalue weighted by atomic mass is 14.8. The molecule has 104 valence electrons. The summed E-state index contributed by atoms with van der Waals surface area (Å²) >= 11 is 0. The van der Waals surface area contributed by atoms with Gasteiger partial charge in [-0.15, -0.1) is 0 Å². The molecule has 0 bridgehead atoms. The van der Waals surface area contributed by atoms with Gasteiger partial charge in [0.1, 0.15) is 0 Å². The first-order valence-electron chi connectivity index (χ1n) is 7.30. The Labute approximate surface area is 114 Å². The quantitative estimate of drug-likeness (QED) is 0.385. The smallest absolute Gasteiger partial charge is 0.0442 e. The summed E-state index contributed by atoms with van der Waals surface area (Å²) in [5.41, 5.74) is 4.29. The molecule has 0 amide bonds. The van der Waals surface area contributed by atoms with Crippen LogP contribution in [0.25, 0.3) is 0 Å². The standard InChI is InChI=1S/C17H31N/c1-7-9-15(4)10-8-11-16(5)12-13-17(6)18-14(2)3/h9,11,14H,7-8,10,12-13H2,1-6H3/b15-9+,16-11+,18-17+. The summed E-state index contributed by atoms with van der Waals surface area (Å²) in [6.45, 7) is 13.1. The highest BCUT2D eigenvalue weighted by molar-refractivity contribution is 5.82. The van der Waals surface area contributed by atoms with Gasteiger partial charge in [0.25, 0.3) is 0 Å². The average Bonchev–Trinajstić information content (AvgIpc) is 2.26. The molecule has 0 saturated heterocycles. The van der Waals surface area contributed by atoms with E-state index in [0.29, 0.717) is 6.04 Å². The summed E-state index contributed by atoms with van der Waals surface area (Å²) in [6.07, 6.45) is 10.5. The number of hydrogen-bond acceptors (Lipinski definition) is 1. The van der Waals surface area contributed by atoms with Crippen molar-refractivity contribution in [1.29, 1.82) is 0 Å². The average molecular weight is 249 g/mol. The molecule has 0 aromatic rings. The van der Waals surface area contributed by atoms with Crippen LogP contribution in [-0.4, -0.2) is 11.8 Å². The maximum absolute atomic E-state index is 4.56. The SMILES string of the molecule is CC/C=C(\C)CC/C=C(\C)CC/C(C)=N/C(C)C. The molecule has 0 aromatic carbocycles. The van der Waals surface area contributed by atoms with Gasteiger partial charge in [0.2, 0.25) is 0 Å². The van der Waals surface area contributed by atoms with Gasteiger partial charge in [0.05, 0.1) is 0 Å². The van der Waals surface area contributed by atoms with Crippen LogP contribution in [-0.2, 0) is 0 Å². The Balaban J connectivity index is 3.95. The second-order valence-electron chi connectivity index (χ2n) is 5.51. The van der Waals surface area contributed by atoms with Gasteiger partial charge in [-0.1, -0.05) is 30.2 Å². The molecular formula is C17H31N. The largest absolute Gasteiger partial charge is 0.292 e. The Morgan fingerprint density at radius 2 is 1.56 bits per heavy atom. The maximum atomic E-state index is 4.56. The molecule has 0 heterocycles. The lowest BCUT2D eigenvalue weighted by molar-refractivity contribution is 0.823. The van der Waals surface area contributed by atoms with Gasteiger partial charge < -0.3 is 0 Å². The van der Waals surface area contributed by atoms with Gasteiger partial charge in [-0.25, -0.2) is 0 Å². The van der Waals surface area contributed by atoms with E-state index in [2.05, 4.69) is 58.7 Å². The van der Waals surface area contributed by atoms with Gasteiger partial charge in [0, 0.05) is 11.8 Å². The van der Waals surface area contributed by atoms with Gasteiger partial charge in [-0.3, -0.25) is 4.99 Å². The number of hydrogen-bond donors (Lipinski definition) is 0. The third-order valence-corrected chi connectivity index (χ3v) is 2.94. The molecule has 0 spiro atoms. The first-order valence-corrected chi connectivity index (χ1v) is 7.30. The molecular weight excluding hydrogens is 218 g/mol. The monoisotopic (exact) mass is 249 g/mol. The Morgan fingerprint density at radius 3 is 2.11 bits per heavy atom. The minimum atomic E-state index is 0.427. The van der Waals surface area contributed by atoms with Crippen molar-refractivity contribution in [2.75, 3.05) is 0 Å². The third-order valence-electron chi connectivity index (χ3n) is 2.94. The van der Waals surface area contributed by atoms with Crippen molar-refractivity contribution in [3.05, 3.63) is 23.3 Å². The first kappa shape index (κ1) is 17.2. The van der Waals surface area contributed by atoms with E-state index in [0.717, 1.165) is 19.3 Å². The fraction of sp³-hybridized carbons (Fsp3) is 0.706. The predicted molar refractivity (Wildman–Crippen MR) is 84.5 cm³/mol. The zero-order valence-electron chi connectivity index (χ0n) is 13.2. The Bertz CT molecular complexity index is 306. The molecule has 0 radical (unpaired) electrons. The number of aliphatic imine (C=N–C) groups is 1. The van der Waals surface area contributed by atoms with Gasteiger partial charge in [0.15, 0.2) is 0 Å². The van der Waals surface area contributed by atoms with E-state index in [1.807, 2.05) is 0 Å². The molecule has 1 heteroatoms. The van der Waals surface area contributed by atoms with E-state index in [1.54, 1.807) is 0 Å². The van der Waals surface area contributed by atoms with Crippen molar-refractivity contribution in [3.8, 4) is 0 Å². The summed E-state index contributed by atoms with van der Waals surface area (Å²) in [5, 5.41) is 0. The van der Waals surface area contributed by atoms with E-state index < -0.39 is 0 Å². The zero-order valence-corrected chi connectivity index (χ0v) is 13.2. The van der Waals surface area contributed by atoms with E-state index in [1.165, 1.54) is 29.7 Å². The second-order valence-corrected chi connectivity index (χ2v) is 5.51.